The van der Waals surface area contributed by atoms with Crippen molar-refractivity contribution in [1.29, 1.82) is 0 Å². The topological polar surface area (TPSA) is 74.0 Å². The van der Waals surface area contributed by atoms with Crippen LogP contribution in [0, 0.1) is 20.8 Å². The molecule has 3 aromatic heterocycles. The Kier molecular flexibility index (Phi) is 2.72. The SMILES string of the molecule is Cc1cc(N)c2nc(C)c(-c3ccc4c(c3)c(C)nn4C)n2n1. The van der Waals surface area contributed by atoms with Crippen LogP contribution in [0.2, 0.25) is 0 Å². The Morgan fingerprint density at radius 1 is 1.00 bits per heavy atom. The summed E-state index contributed by atoms with van der Waals surface area (Å²) in [4.78, 5) is 4.59. The van der Waals surface area contributed by atoms with Crippen LogP contribution in [0.3, 0.4) is 0 Å². The molecule has 1 aromatic carbocycles. The van der Waals surface area contributed by atoms with E-state index >= 15 is 0 Å². The second-order valence-corrected chi connectivity index (χ2v) is 5.96. The summed E-state index contributed by atoms with van der Waals surface area (Å²) >= 11 is 0. The Labute approximate surface area is 133 Å². The molecule has 0 aliphatic rings. The van der Waals surface area contributed by atoms with E-state index in [9.17, 15) is 0 Å². The minimum atomic E-state index is 0.644. The van der Waals surface area contributed by atoms with E-state index in [1.807, 2.05) is 43.1 Å². The van der Waals surface area contributed by atoms with Crippen LogP contribution in [-0.2, 0) is 7.05 Å². The van der Waals surface area contributed by atoms with E-state index in [1.54, 1.807) is 0 Å². The highest BCUT2D eigenvalue weighted by atomic mass is 15.3. The van der Waals surface area contributed by atoms with Crippen molar-refractivity contribution in [2.75, 3.05) is 5.73 Å². The van der Waals surface area contributed by atoms with E-state index in [4.69, 9.17) is 5.73 Å². The zero-order valence-electron chi connectivity index (χ0n) is 13.6. The first-order chi connectivity index (χ1) is 11.0. The van der Waals surface area contributed by atoms with Gasteiger partial charge >= 0.3 is 0 Å². The summed E-state index contributed by atoms with van der Waals surface area (Å²) in [6.07, 6.45) is 0. The van der Waals surface area contributed by atoms with Crippen molar-refractivity contribution >= 4 is 22.2 Å². The molecule has 0 fully saturated rings. The standard InChI is InChI=1S/C17H18N6/c1-9-7-14(18)17-19-11(3)16(23(17)20-9)12-5-6-15-13(8-12)10(2)21-22(15)4/h5-8H,18H2,1-4H3. The van der Waals surface area contributed by atoms with E-state index in [2.05, 4.69) is 33.4 Å². The minimum absolute atomic E-state index is 0.644. The van der Waals surface area contributed by atoms with Crippen LogP contribution >= 0.6 is 0 Å². The maximum absolute atomic E-state index is 6.10. The third-order valence-electron chi connectivity index (χ3n) is 4.22. The molecule has 23 heavy (non-hydrogen) atoms. The zero-order valence-corrected chi connectivity index (χ0v) is 13.6. The van der Waals surface area contributed by atoms with Gasteiger partial charge in [0.25, 0.3) is 0 Å². The summed E-state index contributed by atoms with van der Waals surface area (Å²) in [6, 6.07) is 8.16. The quantitative estimate of drug-likeness (QED) is 0.587. The molecule has 4 aromatic rings. The largest absolute Gasteiger partial charge is 0.396 e. The summed E-state index contributed by atoms with van der Waals surface area (Å²) in [5.74, 6) is 0. The van der Waals surface area contributed by atoms with Crippen LogP contribution in [0.15, 0.2) is 24.3 Å². The molecule has 0 amide bonds. The van der Waals surface area contributed by atoms with Gasteiger partial charge < -0.3 is 5.73 Å². The number of aromatic nitrogens is 5. The molecular formula is C17H18N6. The van der Waals surface area contributed by atoms with Gasteiger partial charge in [0.1, 0.15) is 0 Å². The van der Waals surface area contributed by atoms with Gasteiger partial charge in [-0.15, -0.1) is 0 Å². The Hall–Kier alpha value is -2.89. The number of imidazole rings is 1. The minimum Gasteiger partial charge on any atom is -0.396 e. The number of aryl methyl sites for hydroxylation is 4. The number of rotatable bonds is 1. The first kappa shape index (κ1) is 13.8. The molecule has 0 aliphatic heterocycles. The van der Waals surface area contributed by atoms with Crippen LogP contribution in [-0.4, -0.2) is 24.4 Å². The van der Waals surface area contributed by atoms with E-state index in [0.29, 0.717) is 11.3 Å². The molecule has 0 saturated heterocycles. The molecule has 0 atom stereocenters. The van der Waals surface area contributed by atoms with Crippen LogP contribution in [0.1, 0.15) is 17.1 Å². The summed E-state index contributed by atoms with van der Waals surface area (Å²) in [5, 5.41) is 10.2. The van der Waals surface area contributed by atoms with Gasteiger partial charge in [-0.2, -0.15) is 10.2 Å². The van der Waals surface area contributed by atoms with Gasteiger partial charge in [0.15, 0.2) is 5.65 Å². The average molecular weight is 306 g/mol. The van der Waals surface area contributed by atoms with Gasteiger partial charge in [-0.25, -0.2) is 9.50 Å². The molecule has 0 aliphatic carbocycles. The molecule has 0 bridgehead atoms. The lowest BCUT2D eigenvalue weighted by atomic mass is 10.1. The number of nitrogens with zero attached hydrogens (tertiary/aromatic N) is 5. The fraction of sp³-hybridized carbons (Fsp3) is 0.235. The first-order valence-corrected chi connectivity index (χ1v) is 7.52. The molecule has 2 N–H and O–H groups in total. The van der Waals surface area contributed by atoms with Crippen LogP contribution < -0.4 is 5.73 Å². The molecule has 6 nitrogen and oxygen atoms in total. The zero-order chi connectivity index (χ0) is 16.3. The molecule has 0 spiro atoms. The second-order valence-electron chi connectivity index (χ2n) is 5.96. The molecular weight excluding hydrogens is 288 g/mol. The van der Waals surface area contributed by atoms with Crippen molar-refractivity contribution in [3.63, 3.8) is 0 Å². The highest BCUT2D eigenvalue weighted by Crippen LogP contribution is 2.30. The third-order valence-corrected chi connectivity index (χ3v) is 4.22. The monoisotopic (exact) mass is 306 g/mol. The van der Waals surface area contributed by atoms with Crippen LogP contribution in [0.4, 0.5) is 5.69 Å². The fourth-order valence-corrected chi connectivity index (χ4v) is 3.20. The van der Waals surface area contributed by atoms with Gasteiger partial charge in [0.05, 0.1) is 34.0 Å². The predicted molar refractivity (Wildman–Crippen MR) is 91.3 cm³/mol. The number of nitrogen functional groups attached to an aromatic ring is 1. The molecule has 0 saturated carbocycles. The maximum atomic E-state index is 6.10. The fourth-order valence-electron chi connectivity index (χ4n) is 3.20. The Bertz CT molecular complexity index is 1070. The number of benzene rings is 1. The summed E-state index contributed by atoms with van der Waals surface area (Å²) in [5.41, 5.74) is 13.4. The number of nitrogens with two attached hydrogens (primary N) is 1. The van der Waals surface area contributed by atoms with Crippen molar-refractivity contribution < 1.29 is 0 Å². The third kappa shape index (κ3) is 1.91. The molecule has 116 valence electrons. The van der Waals surface area contributed by atoms with Gasteiger partial charge in [-0.05, 0) is 39.0 Å². The number of hydrogen-bond donors (Lipinski definition) is 1. The lowest BCUT2D eigenvalue weighted by Crippen LogP contribution is -2.00. The molecule has 0 radical (unpaired) electrons. The van der Waals surface area contributed by atoms with Gasteiger partial charge in [-0.3, -0.25) is 4.68 Å². The smallest absolute Gasteiger partial charge is 0.177 e. The van der Waals surface area contributed by atoms with Crippen LogP contribution in [0.5, 0.6) is 0 Å². The van der Waals surface area contributed by atoms with Crippen molar-refractivity contribution in [3.05, 3.63) is 41.3 Å². The van der Waals surface area contributed by atoms with Crippen molar-refractivity contribution in [2.24, 2.45) is 7.05 Å². The second kappa shape index (κ2) is 4.55. The number of fused-ring (bicyclic) bond motifs is 2. The van der Waals surface area contributed by atoms with Gasteiger partial charge in [0.2, 0.25) is 0 Å². The average Bonchev–Trinajstić information content (AvgIpc) is 2.96. The molecule has 0 unspecified atom stereocenters. The van der Waals surface area contributed by atoms with Gasteiger partial charge in [0, 0.05) is 18.0 Å². The van der Waals surface area contributed by atoms with Crippen LogP contribution in [0.25, 0.3) is 27.8 Å². The Morgan fingerprint density at radius 2 is 1.78 bits per heavy atom. The number of anilines is 1. The highest BCUT2D eigenvalue weighted by Gasteiger charge is 2.16. The lowest BCUT2D eigenvalue weighted by molar-refractivity contribution is 0.783. The van der Waals surface area contributed by atoms with Crippen molar-refractivity contribution in [3.8, 4) is 11.3 Å². The van der Waals surface area contributed by atoms with E-state index in [1.165, 1.54) is 0 Å². The first-order valence-electron chi connectivity index (χ1n) is 7.52. The van der Waals surface area contributed by atoms with E-state index < -0.39 is 0 Å². The van der Waals surface area contributed by atoms with Crippen molar-refractivity contribution in [2.45, 2.75) is 20.8 Å². The van der Waals surface area contributed by atoms with E-state index in [-0.39, 0.29) is 0 Å². The lowest BCUT2D eigenvalue weighted by Gasteiger charge is -2.05. The normalized spacial score (nSPS) is 11.7. The summed E-state index contributed by atoms with van der Waals surface area (Å²) < 4.78 is 3.74. The molecule has 4 rings (SSSR count). The predicted octanol–water partition coefficient (Wildman–Crippen LogP) is 2.79. The van der Waals surface area contributed by atoms with Crippen molar-refractivity contribution in [1.82, 2.24) is 24.4 Å². The summed E-state index contributed by atoms with van der Waals surface area (Å²) in [6.45, 7) is 5.94. The van der Waals surface area contributed by atoms with Gasteiger partial charge in [-0.1, -0.05) is 6.07 Å². The molecule has 6 heteroatoms. The summed E-state index contributed by atoms with van der Waals surface area (Å²) in [7, 11) is 1.96. The molecule has 3 heterocycles. The highest BCUT2D eigenvalue weighted by molar-refractivity contribution is 5.87. The Morgan fingerprint density at radius 3 is 2.57 bits per heavy atom. The number of hydrogen-bond acceptors (Lipinski definition) is 4. The van der Waals surface area contributed by atoms with E-state index in [0.717, 1.165) is 39.2 Å². The maximum Gasteiger partial charge on any atom is 0.177 e. The Balaban J connectivity index is 2.06.